The lowest BCUT2D eigenvalue weighted by Crippen LogP contribution is -2.43. The van der Waals surface area contributed by atoms with Gasteiger partial charge < -0.3 is 10.2 Å². The van der Waals surface area contributed by atoms with E-state index in [1.165, 1.54) is 6.07 Å². The minimum Gasteiger partial charge on any atom is -0.334 e. The summed E-state index contributed by atoms with van der Waals surface area (Å²) in [6.07, 6.45) is 0.895. The van der Waals surface area contributed by atoms with E-state index in [0.717, 1.165) is 25.6 Å². The minimum atomic E-state index is -0.626. The Hall–Kier alpha value is -0.840. The highest BCUT2D eigenvalue weighted by Gasteiger charge is 2.29. The zero-order valence-electron chi connectivity index (χ0n) is 12.1. The average molecular weight is 333 g/mol. The Balaban J connectivity index is 2.31. The maximum Gasteiger partial charge on any atom is 0.255 e. The van der Waals surface area contributed by atoms with E-state index in [0.29, 0.717) is 12.5 Å². The van der Waals surface area contributed by atoms with Gasteiger partial charge in [-0.15, -0.1) is 0 Å². The lowest BCUT2D eigenvalue weighted by atomic mass is 10.1. The molecule has 6 heteroatoms. The molecule has 3 nitrogen and oxygen atoms in total. The summed E-state index contributed by atoms with van der Waals surface area (Å²) < 4.78 is 13.6. The van der Waals surface area contributed by atoms with Gasteiger partial charge >= 0.3 is 0 Å². The van der Waals surface area contributed by atoms with Crippen molar-refractivity contribution < 1.29 is 9.18 Å². The molecular weight excluding hydrogens is 314 g/mol. The van der Waals surface area contributed by atoms with E-state index in [9.17, 15) is 9.18 Å². The predicted octanol–water partition coefficient (Wildman–Crippen LogP) is 3.59. The maximum absolute atomic E-state index is 13.6. The molecule has 116 valence electrons. The van der Waals surface area contributed by atoms with E-state index in [-0.39, 0.29) is 27.6 Å². The third-order valence-corrected chi connectivity index (χ3v) is 4.14. The van der Waals surface area contributed by atoms with Crippen LogP contribution in [0.4, 0.5) is 4.39 Å². The largest absolute Gasteiger partial charge is 0.334 e. The average Bonchev–Trinajstić information content (AvgIpc) is 2.93. The Morgan fingerprint density at radius 3 is 2.71 bits per heavy atom. The molecule has 0 saturated carbocycles. The van der Waals surface area contributed by atoms with Crippen LogP contribution in [0.25, 0.3) is 0 Å². The fraction of sp³-hybridized carbons (Fsp3) is 0.533. The summed E-state index contributed by atoms with van der Waals surface area (Å²) in [5.41, 5.74) is 0.172. The van der Waals surface area contributed by atoms with Crippen molar-refractivity contribution in [2.24, 2.45) is 5.92 Å². The zero-order valence-corrected chi connectivity index (χ0v) is 13.6. The molecule has 1 unspecified atom stereocenters. The molecule has 0 aromatic heterocycles. The molecular formula is C15H19Cl2FN2O. The SMILES string of the molecule is CC(C)CN(C(=O)c1cc(F)c(Cl)cc1Cl)C1CCNC1. The molecule has 1 saturated heterocycles. The molecule has 1 aliphatic rings. The molecule has 1 amide bonds. The van der Waals surface area contributed by atoms with Gasteiger partial charge in [-0.2, -0.15) is 0 Å². The quantitative estimate of drug-likeness (QED) is 0.854. The second kappa shape index (κ2) is 6.95. The van der Waals surface area contributed by atoms with E-state index in [2.05, 4.69) is 5.32 Å². The first-order chi connectivity index (χ1) is 9.90. The molecule has 0 spiro atoms. The number of hydrogen-bond acceptors (Lipinski definition) is 2. The fourth-order valence-electron chi connectivity index (χ4n) is 2.54. The highest BCUT2D eigenvalue weighted by atomic mass is 35.5. The number of nitrogens with one attached hydrogen (secondary N) is 1. The second-order valence-corrected chi connectivity index (χ2v) is 6.56. The normalized spacial score (nSPS) is 18.3. The number of hydrogen-bond donors (Lipinski definition) is 1. The number of carbonyl (C=O) groups excluding carboxylic acids is 1. The van der Waals surface area contributed by atoms with Crippen LogP contribution in [0, 0.1) is 11.7 Å². The van der Waals surface area contributed by atoms with Crippen LogP contribution < -0.4 is 5.32 Å². The van der Waals surface area contributed by atoms with Crippen LogP contribution in [0.3, 0.4) is 0 Å². The number of amides is 1. The van der Waals surface area contributed by atoms with Crippen molar-refractivity contribution in [1.29, 1.82) is 0 Å². The van der Waals surface area contributed by atoms with Crippen molar-refractivity contribution >= 4 is 29.1 Å². The van der Waals surface area contributed by atoms with Crippen LogP contribution in [-0.4, -0.2) is 36.5 Å². The Morgan fingerprint density at radius 1 is 1.43 bits per heavy atom. The molecule has 1 fully saturated rings. The van der Waals surface area contributed by atoms with E-state index < -0.39 is 5.82 Å². The Kier molecular flexibility index (Phi) is 5.47. The predicted molar refractivity (Wildman–Crippen MR) is 83.6 cm³/mol. The van der Waals surface area contributed by atoms with Crippen molar-refractivity contribution in [3.8, 4) is 0 Å². The topological polar surface area (TPSA) is 32.3 Å². The van der Waals surface area contributed by atoms with Crippen LogP contribution in [0.5, 0.6) is 0 Å². The van der Waals surface area contributed by atoms with Crippen molar-refractivity contribution in [1.82, 2.24) is 10.2 Å². The monoisotopic (exact) mass is 332 g/mol. The highest BCUT2D eigenvalue weighted by molar-refractivity contribution is 6.36. The summed E-state index contributed by atoms with van der Waals surface area (Å²) in [6, 6.07) is 2.53. The highest BCUT2D eigenvalue weighted by Crippen LogP contribution is 2.26. The zero-order chi connectivity index (χ0) is 15.6. The molecule has 1 N–H and O–H groups in total. The van der Waals surface area contributed by atoms with Crippen molar-refractivity contribution in [2.75, 3.05) is 19.6 Å². The number of carbonyl (C=O) groups is 1. The standard InChI is InChI=1S/C15H19Cl2FN2O/c1-9(2)8-20(10-3-4-19-7-10)15(21)11-5-14(18)13(17)6-12(11)16/h5-6,9-10,19H,3-4,7-8H2,1-2H3. The van der Waals surface area contributed by atoms with Crippen LogP contribution in [0.15, 0.2) is 12.1 Å². The first kappa shape index (κ1) is 16.5. The van der Waals surface area contributed by atoms with Gasteiger partial charge in [-0.3, -0.25) is 4.79 Å². The summed E-state index contributed by atoms with van der Waals surface area (Å²) in [5.74, 6) is -0.540. The number of benzene rings is 1. The van der Waals surface area contributed by atoms with E-state index in [1.54, 1.807) is 4.90 Å². The van der Waals surface area contributed by atoms with Crippen LogP contribution in [0.1, 0.15) is 30.6 Å². The van der Waals surface area contributed by atoms with E-state index in [4.69, 9.17) is 23.2 Å². The van der Waals surface area contributed by atoms with Gasteiger partial charge in [0.1, 0.15) is 5.82 Å². The molecule has 2 rings (SSSR count). The molecule has 0 radical (unpaired) electrons. The molecule has 1 aromatic rings. The smallest absolute Gasteiger partial charge is 0.255 e. The summed E-state index contributed by atoms with van der Waals surface area (Å²) in [5, 5.41) is 3.36. The van der Waals surface area contributed by atoms with Crippen molar-refractivity contribution in [3.05, 3.63) is 33.6 Å². The molecule has 0 aliphatic carbocycles. The second-order valence-electron chi connectivity index (χ2n) is 5.74. The summed E-state index contributed by atoms with van der Waals surface area (Å²) in [6.45, 7) is 6.35. The fourth-order valence-corrected chi connectivity index (χ4v) is 3.00. The van der Waals surface area contributed by atoms with E-state index >= 15 is 0 Å². The lowest BCUT2D eigenvalue weighted by Gasteiger charge is -2.30. The third kappa shape index (κ3) is 3.87. The Morgan fingerprint density at radius 2 is 2.14 bits per heavy atom. The number of nitrogens with zero attached hydrogens (tertiary/aromatic N) is 1. The summed E-state index contributed by atoms with van der Waals surface area (Å²) in [4.78, 5) is 14.5. The Bertz CT molecular complexity index is 531. The first-order valence-corrected chi connectivity index (χ1v) is 7.82. The number of halogens is 3. The lowest BCUT2D eigenvalue weighted by molar-refractivity contribution is 0.0667. The van der Waals surface area contributed by atoms with Crippen LogP contribution in [0.2, 0.25) is 10.0 Å². The Labute approximate surface area is 134 Å². The third-order valence-electron chi connectivity index (χ3n) is 3.54. The van der Waals surface area contributed by atoms with Gasteiger partial charge in [-0.1, -0.05) is 37.0 Å². The van der Waals surface area contributed by atoms with Gasteiger partial charge in [0.05, 0.1) is 15.6 Å². The minimum absolute atomic E-state index is 0.0745. The molecule has 1 aliphatic heterocycles. The summed E-state index contributed by atoms with van der Waals surface area (Å²) in [7, 11) is 0. The van der Waals surface area contributed by atoms with Crippen molar-refractivity contribution in [2.45, 2.75) is 26.3 Å². The molecule has 0 bridgehead atoms. The van der Waals surface area contributed by atoms with Crippen molar-refractivity contribution in [3.63, 3.8) is 0 Å². The first-order valence-electron chi connectivity index (χ1n) is 7.06. The molecule has 21 heavy (non-hydrogen) atoms. The molecule has 1 atom stereocenters. The van der Waals surface area contributed by atoms with E-state index in [1.807, 2.05) is 13.8 Å². The van der Waals surface area contributed by atoms with Gasteiger partial charge in [0.2, 0.25) is 0 Å². The molecule has 1 aromatic carbocycles. The van der Waals surface area contributed by atoms with Gasteiger partial charge in [-0.25, -0.2) is 4.39 Å². The van der Waals surface area contributed by atoms with Crippen LogP contribution >= 0.6 is 23.2 Å². The van der Waals surface area contributed by atoms with Gasteiger partial charge in [0.25, 0.3) is 5.91 Å². The maximum atomic E-state index is 13.6. The van der Waals surface area contributed by atoms with Gasteiger partial charge in [-0.05, 0) is 31.0 Å². The van der Waals surface area contributed by atoms with Gasteiger partial charge in [0.15, 0.2) is 0 Å². The summed E-state index contributed by atoms with van der Waals surface area (Å²) >= 11 is 11.8. The van der Waals surface area contributed by atoms with Crippen LogP contribution in [-0.2, 0) is 0 Å². The molecule has 1 heterocycles. The van der Waals surface area contributed by atoms with Gasteiger partial charge in [0, 0.05) is 19.1 Å². The number of rotatable bonds is 4.